The van der Waals surface area contributed by atoms with Crippen molar-refractivity contribution in [3.05, 3.63) is 29.8 Å². The number of aliphatic hydroxyl groups is 1. The highest BCUT2D eigenvalue weighted by Crippen LogP contribution is 2.37. The summed E-state index contributed by atoms with van der Waals surface area (Å²) in [6.45, 7) is 4.81. The van der Waals surface area contributed by atoms with Gasteiger partial charge in [0.05, 0.1) is 12.7 Å². The quantitative estimate of drug-likeness (QED) is 0.823. The predicted octanol–water partition coefficient (Wildman–Crippen LogP) is 2.57. The summed E-state index contributed by atoms with van der Waals surface area (Å²) in [5.74, 6) is 1.41. The molecule has 0 saturated heterocycles. The van der Waals surface area contributed by atoms with Crippen molar-refractivity contribution in [2.75, 3.05) is 6.61 Å². The fourth-order valence-corrected chi connectivity index (χ4v) is 2.11. The minimum absolute atomic E-state index is 0.149. The van der Waals surface area contributed by atoms with Gasteiger partial charge in [0.25, 0.3) is 0 Å². The lowest BCUT2D eigenvalue weighted by Gasteiger charge is -2.22. The van der Waals surface area contributed by atoms with Gasteiger partial charge in [-0.1, -0.05) is 38.5 Å². The Bertz CT molecular complexity index is 335. The van der Waals surface area contributed by atoms with Crippen LogP contribution < -0.4 is 4.74 Å². The summed E-state index contributed by atoms with van der Waals surface area (Å²) in [5.41, 5.74) is 1.16. The van der Waals surface area contributed by atoms with Gasteiger partial charge in [-0.3, -0.25) is 0 Å². The Kier molecular flexibility index (Phi) is 2.96. The zero-order valence-electron chi connectivity index (χ0n) is 9.31. The van der Waals surface area contributed by atoms with Crippen molar-refractivity contribution in [3.63, 3.8) is 0 Å². The average molecular weight is 206 g/mol. The Morgan fingerprint density at radius 2 is 2.20 bits per heavy atom. The summed E-state index contributed by atoms with van der Waals surface area (Å²) >= 11 is 0. The van der Waals surface area contributed by atoms with Crippen molar-refractivity contribution >= 4 is 0 Å². The highest BCUT2D eigenvalue weighted by molar-refractivity contribution is 5.40. The fraction of sp³-hybridized carbons (Fsp3) is 0.538. The summed E-state index contributed by atoms with van der Waals surface area (Å²) in [6, 6.07) is 8.00. The van der Waals surface area contributed by atoms with Crippen LogP contribution in [0.2, 0.25) is 0 Å². The van der Waals surface area contributed by atoms with Gasteiger partial charge in [0.1, 0.15) is 5.75 Å². The molecule has 0 spiro atoms. The van der Waals surface area contributed by atoms with Crippen LogP contribution in [-0.4, -0.2) is 17.8 Å². The Balaban J connectivity index is 2.20. The largest absolute Gasteiger partial charge is 0.493 e. The normalized spacial score (nSPS) is 23.0. The molecule has 2 nitrogen and oxygen atoms in total. The number of ether oxygens (including phenoxy) is 1. The van der Waals surface area contributed by atoms with Gasteiger partial charge in [0.15, 0.2) is 0 Å². The molecule has 1 aromatic carbocycles. The first kappa shape index (κ1) is 10.5. The molecule has 3 atom stereocenters. The second kappa shape index (κ2) is 4.23. The van der Waals surface area contributed by atoms with Crippen molar-refractivity contribution in [2.45, 2.75) is 32.3 Å². The molecule has 0 radical (unpaired) electrons. The smallest absolute Gasteiger partial charge is 0.123 e. The Hall–Kier alpha value is -1.02. The van der Waals surface area contributed by atoms with Gasteiger partial charge in [-0.15, -0.1) is 0 Å². The van der Waals surface area contributed by atoms with Gasteiger partial charge < -0.3 is 9.84 Å². The van der Waals surface area contributed by atoms with Crippen molar-refractivity contribution < 1.29 is 9.84 Å². The molecule has 82 valence electrons. The topological polar surface area (TPSA) is 29.5 Å². The van der Waals surface area contributed by atoms with Crippen LogP contribution in [0.5, 0.6) is 5.75 Å². The molecule has 2 rings (SSSR count). The number of hydrogen-bond acceptors (Lipinski definition) is 2. The minimum Gasteiger partial charge on any atom is -0.493 e. The molecule has 0 aromatic heterocycles. The third kappa shape index (κ3) is 1.86. The molecule has 0 bridgehead atoms. The second-order valence-corrected chi connectivity index (χ2v) is 4.33. The summed E-state index contributed by atoms with van der Waals surface area (Å²) in [4.78, 5) is 0. The molecule has 0 saturated carbocycles. The molecular weight excluding hydrogens is 188 g/mol. The lowest BCUT2D eigenvalue weighted by Crippen LogP contribution is -2.26. The Labute approximate surface area is 90.9 Å². The fourth-order valence-electron chi connectivity index (χ4n) is 2.11. The molecule has 1 N–H and O–H groups in total. The predicted molar refractivity (Wildman–Crippen MR) is 60.1 cm³/mol. The van der Waals surface area contributed by atoms with Gasteiger partial charge in [0.2, 0.25) is 0 Å². The van der Waals surface area contributed by atoms with Crippen molar-refractivity contribution in [3.8, 4) is 5.75 Å². The lowest BCUT2D eigenvalue weighted by molar-refractivity contribution is 0.0774. The molecule has 1 aliphatic rings. The molecule has 0 amide bonds. The molecule has 3 unspecified atom stereocenters. The first-order valence-electron chi connectivity index (χ1n) is 5.63. The zero-order chi connectivity index (χ0) is 10.8. The molecule has 1 aliphatic heterocycles. The van der Waals surface area contributed by atoms with Gasteiger partial charge >= 0.3 is 0 Å². The van der Waals surface area contributed by atoms with E-state index >= 15 is 0 Å². The van der Waals surface area contributed by atoms with Crippen LogP contribution in [0.3, 0.4) is 0 Å². The van der Waals surface area contributed by atoms with E-state index < -0.39 is 0 Å². The summed E-state index contributed by atoms with van der Waals surface area (Å²) in [7, 11) is 0. The molecular formula is C13H18O2. The van der Waals surface area contributed by atoms with E-state index in [1.807, 2.05) is 18.2 Å². The van der Waals surface area contributed by atoms with E-state index in [-0.39, 0.29) is 12.0 Å². The molecule has 1 heterocycles. The maximum Gasteiger partial charge on any atom is 0.123 e. The van der Waals surface area contributed by atoms with Gasteiger partial charge in [-0.25, -0.2) is 0 Å². The summed E-state index contributed by atoms with van der Waals surface area (Å²) in [6.07, 6.45) is 0.707. The van der Waals surface area contributed by atoms with Crippen molar-refractivity contribution in [1.82, 2.24) is 0 Å². The van der Waals surface area contributed by atoms with E-state index in [0.717, 1.165) is 17.7 Å². The summed E-state index contributed by atoms with van der Waals surface area (Å²) < 4.78 is 5.57. The zero-order valence-corrected chi connectivity index (χ0v) is 9.31. The van der Waals surface area contributed by atoms with Gasteiger partial charge in [-0.2, -0.15) is 0 Å². The number of fused-ring (bicyclic) bond motifs is 1. The first-order chi connectivity index (χ1) is 7.24. The maximum atomic E-state index is 10.2. The highest BCUT2D eigenvalue weighted by Gasteiger charge is 2.32. The standard InChI is InChI=1S/C13H18O2/c1-3-9(2)13(14)11-8-15-12-7-5-4-6-10(11)12/h4-7,9,11,13-14H,3,8H2,1-2H3. The van der Waals surface area contributed by atoms with Crippen LogP contribution in [0.1, 0.15) is 31.7 Å². The van der Waals surface area contributed by atoms with Crippen LogP contribution in [0.4, 0.5) is 0 Å². The van der Waals surface area contributed by atoms with Gasteiger partial charge in [-0.05, 0) is 12.0 Å². The Morgan fingerprint density at radius 3 is 2.93 bits per heavy atom. The monoisotopic (exact) mass is 206 g/mol. The van der Waals surface area contributed by atoms with Crippen molar-refractivity contribution in [2.24, 2.45) is 5.92 Å². The van der Waals surface area contributed by atoms with Crippen LogP contribution in [0.25, 0.3) is 0 Å². The number of para-hydroxylation sites is 1. The third-order valence-electron chi connectivity index (χ3n) is 3.38. The van der Waals surface area contributed by atoms with Crippen molar-refractivity contribution in [1.29, 1.82) is 0 Å². The molecule has 15 heavy (non-hydrogen) atoms. The van der Waals surface area contributed by atoms with Crippen LogP contribution in [0, 0.1) is 5.92 Å². The van der Waals surface area contributed by atoms with Crippen LogP contribution >= 0.6 is 0 Å². The van der Waals surface area contributed by atoms with E-state index in [1.165, 1.54) is 0 Å². The van der Waals surface area contributed by atoms with E-state index in [4.69, 9.17) is 4.74 Å². The van der Waals surface area contributed by atoms with E-state index in [1.54, 1.807) is 0 Å². The molecule has 0 aliphatic carbocycles. The van der Waals surface area contributed by atoms with Crippen LogP contribution in [-0.2, 0) is 0 Å². The molecule has 0 fully saturated rings. The number of aliphatic hydroxyl groups excluding tert-OH is 1. The minimum atomic E-state index is -0.293. The Morgan fingerprint density at radius 1 is 1.47 bits per heavy atom. The molecule has 1 aromatic rings. The number of benzene rings is 1. The third-order valence-corrected chi connectivity index (χ3v) is 3.38. The van der Waals surface area contributed by atoms with E-state index in [2.05, 4.69) is 19.9 Å². The SMILES string of the molecule is CCC(C)C(O)C1COc2ccccc21. The van der Waals surface area contributed by atoms with Crippen LogP contribution in [0.15, 0.2) is 24.3 Å². The number of rotatable bonds is 3. The van der Waals surface area contributed by atoms with E-state index in [0.29, 0.717) is 12.5 Å². The first-order valence-corrected chi connectivity index (χ1v) is 5.63. The van der Waals surface area contributed by atoms with Gasteiger partial charge in [0, 0.05) is 11.5 Å². The van der Waals surface area contributed by atoms with E-state index in [9.17, 15) is 5.11 Å². The summed E-state index contributed by atoms with van der Waals surface area (Å²) in [5, 5.41) is 10.2. The second-order valence-electron chi connectivity index (χ2n) is 4.33. The lowest BCUT2D eigenvalue weighted by atomic mass is 9.87. The number of hydrogen-bond donors (Lipinski definition) is 1. The highest BCUT2D eigenvalue weighted by atomic mass is 16.5. The molecule has 2 heteroatoms. The maximum absolute atomic E-state index is 10.2. The average Bonchev–Trinajstić information content (AvgIpc) is 2.70.